The van der Waals surface area contributed by atoms with E-state index < -0.39 is 5.82 Å². The fourth-order valence-electron chi connectivity index (χ4n) is 2.01. The lowest BCUT2D eigenvalue weighted by Crippen LogP contribution is -2.10. The van der Waals surface area contributed by atoms with E-state index in [0.717, 1.165) is 0 Å². The molecule has 0 radical (unpaired) electrons. The summed E-state index contributed by atoms with van der Waals surface area (Å²) in [5.74, 6) is 2.12. The molecule has 0 amide bonds. The lowest BCUT2D eigenvalue weighted by molar-refractivity contribution is 0.630. The zero-order chi connectivity index (χ0) is 14.1. The van der Waals surface area contributed by atoms with Crippen molar-refractivity contribution in [2.75, 3.05) is 0 Å². The van der Waals surface area contributed by atoms with Crippen LogP contribution in [0.4, 0.5) is 4.39 Å². The number of hydrogen-bond acceptors (Lipinski definition) is 2. The molecule has 3 rings (SSSR count). The van der Waals surface area contributed by atoms with Gasteiger partial charge in [0.05, 0.1) is 16.5 Å². The van der Waals surface area contributed by atoms with Gasteiger partial charge in [0.25, 0.3) is 5.56 Å². The first-order valence-corrected chi connectivity index (χ1v) is 5.94. The molecule has 0 fully saturated rings. The predicted molar refractivity (Wildman–Crippen MR) is 75.7 cm³/mol. The first-order valence-electron chi connectivity index (χ1n) is 5.94. The van der Waals surface area contributed by atoms with Crippen LogP contribution < -0.4 is 5.56 Å². The highest BCUT2D eigenvalue weighted by molar-refractivity contribution is 5.79. The van der Waals surface area contributed by atoms with Gasteiger partial charge in [-0.1, -0.05) is 18.1 Å². The van der Waals surface area contributed by atoms with Crippen molar-refractivity contribution < 1.29 is 4.39 Å². The Labute approximate surface area is 114 Å². The second kappa shape index (κ2) is 4.63. The molecule has 2 aromatic carbocycles. The number of terminal acetylenes is 1. The van der Waals surface area contributed by atoms with Gasteiger partial charge in [-0.2, -0.15) is 0 Å². The van der Waals surface area contributed by atoms with Crippen LogP contribution in [-0.2, 0) is 0 Å². The minimum absolute atomic E-state index is 0.170. The number of H-pyrrole nitrogens is 1. The van der Waals surface area contributed by atoms with Crippen LogP contribution in [0.1, 0.15) is 5.56 Å². The van der Waals surface area contributed by atoms with Crippen LogP contribution in [0, 0.1) is 18.2 Å². The summed E-state index contributed by atoms with van der Waals surface area (Å²) in [6.07, 6.45) is 5.30. The van der Waals surface area contributed by atoms with E-state index in [2.05, 4.69) is 15.9 Å². The molecule has 0 saturated carbocycles. The fraction of sp³-hybridized carbons (Fsp3) is 0. The average molecular weight is 264 g/mol. The third-order valence-electron chi connectivity index (χ3n) is 3.00. The van der Waals surface area contributed by atoms with Crippen LogP contribution in [0.5, 0.6) is 0 Å². The van der Waals surface area contributed by atoms with Gasteiger partial charge in [0, 0.05) is 5.56 Å². The van der Waals surface area contributed by atoms with Crippen molar-refractivity contribution in [3.05, 3.63) is 64.2 Å². The minimum Gasteiger partial charge on any atom is -0.306 e. The normalized spacial score (nSPS) is 10.4. The molecule has 0 bridgehead atoms. The summed E-state index contributed by atoms with van der Waals surface area (Å²) in [5.41, 5.74) is 0.911. The zero-order valence-electron chi connectivity index (χ0n) is 10.4. The summed E-state index contributed by atoms with van der Waals surface area (Å²) >= 11 is 0. The number of hydrogen-bond donors (Lipinski definition) is 1. The van der Waals surface area contributed by atoms with Crippen molar-refractivity contribution in [3.8, 4) is 23.7 Å². The molecule has 20 heavy (non-hydrogen) atoms. The average Bonchev–Trinajstić information content (AvgIpc) is 2.48. The third kappa shape index (κ3) is 1.95. The first-order chi connectivity index (χ1) is 9.69. The minimum atomic E-state index is -0.484. The Kier molecular flexibility index (Phi) is 2.81. The second-order valence-electron chi connectivity index (χ2n) is 4.27. The Morgan fingerprint density at radius 1 is 1.20 bits per heavy atom. The van der Waals surface area contributed by atoms with Crippen LogP contribution in [0.2, 0.25) is 0 Å². The highest BCUT2D eigenvalue weighted by Crippen LogP contribution is 2.21. The highest BCUT2D eigenvalue weighted by atomic mass is 19.1. The molecule has 0 unspecified atom stereocenters. The molecule has 1 heterocycles. The van der Waals surface area contributed by atoms with Gasteiger partial charge >= 0.3 is 0 Å². The quantitative estimate of drug-likeness (QED) is 0.687. The fourth-order valence-corrected chi connectivity index (χ4v) is 2.01. The summed E-state index contributed by atoms with van der Waals surface area (Å²) in [4.78, 5) is 18.8. The third-order valence-corrected chi connectivity index (χ3v) is 3.00. The van der Waals surface area contributed by atoms with Crippen molar-refractivity contribution in [1.29, 1.82) is 0 Å². The summed E-state index contributed by atoms with van der Waals surface area (Å²) < 4.78 is 13.9. The molecule has 0 aliphatic rings. The van der Waals surface area contributed by atoms with E-state index in [1.165, 1.54) is 18.2 Å². The summed E-state index contributed by atoms with van der Waals surface area (Å²) in [7, 11) is 0. The number of halogens is 1. The van der Waals surface area contributed by atoms with E-state index in [0.29, 0.717) is 16.5 Å². The number of aromatic amines is 1. The maximum absolute atomic E-state index is 13.9. The number of para-hydroxylation sites is 1. The molecule has 1 aromatic heterocycles. The molecule has 96 valence electrons. The number of benzene rings is 2. The van der Waals surface area contributed by atoms with Gasteiger partial charge in [-0.05, 0) is 30.3 Å². The molecule has 0 aliphatic heterocycles. The molecule has 0 aliphatic carbocycles. The lowest BCUT2D eigenvalue weighted by atomic mass is 10.1. The molecule has 0 atom stereocenters. The van der Waals surface area contributed by atoms with Crippen LogP contribution >= 0.6 is 0 Å². The van der Waals surface area contributed by atoms with E-state index in [1.54, 1.807) is 24.3 Å². The largest absolute Gasteiger partial charge is 0.306 e. The zero-order valence-corrected chi connectivity index (χ0v) is 10.4. The molecular weight excluding hydrogens is 255 g/mol. The second-order valence-corrected chi connectivity index (χ2v) is 4.27. The van der Waals surface area contributed by atoms with E-state index in [9.17, 15) is 9.18 Å². The van der Waals surface area contributed by atoms with Gasteiger partial charge in [0.2, 0.25) is 0 Å². The van der Waals surface area contributed by atoms with Gasteiger partial charge in [0.1, 0.15) is 11.6 Å². The molecule has 4 heteroatoms. The van der Waals surface area contributed by atoms with Crippen molar-refractivity contribution >= 4 is 10.9 Å². The van der Waals surface area contributed by atoms with Crippen LogP contribution in [0.25, 0.3) is 22.3 Å². The van der Waals surface area contributed by atoms with Gasteiger partial charge in [-0.3, -0.25) is 4.79 Å². The van der Waals surface area contributed by atoms with Crippen LogP contribution in [0.15, 0.2) is 47.3 Å². The monoisotopic (exact) mass is 264 g/mol. The van der Waals surface area contributed by atoms with Gasteiger partial charge in [-0.25, -0.2) is 9.37 Å². The first kappa shape index (κ1) is 12.1. The summed E-state index contributed by atoms with van der Waals surface area (Å²) in [5, 5.41) is 0.463. The molecule has 3 aromatic rings. The van der Waals surface area contributed by atoms with E-state index in [4.69, 9.17) is 6.42 Å². The summed E-state index contributed by atoms with van der Waals surface area (Å²) in [6, 6.07) is 11.1. The van der Waals surface area contributed by atoms with Crippen molar-refractivity contribution in [3.63, 3.8) is 0 Å². The number of nitrogens with one attached hydrogen (secondary N) is 1. The van der Waals surface area contributed by atoms with Gasteiger partial charge in [-0.15, -0.1) is 6.42 Å². The van der Waals surface area contributed by atoms with Gasteiger partial charge in [0.15, 0.2) is 0 Å². The Morgan fingerprint density at radius 2 is 2.00 bits per heavy atom. The lowest BCUT2D eigenvalue weighted by Gasteiger charge is -2.05. The Morgan fingerprint density at radius 3 is 2.80 bits per heavy atom. The topological polar surface area (TPSA) is 45.8 Å². The molecular formula is C16H9FN2O. The Hall–Kier alpha value is -2.93. The standard InChI is InChI=1S/C16H9FN2O/c1-2-10-7-8-13(17)12(9-10)15-18-14-6-4-3-5-11(14)16(20)19-15/h1,3-9H,(H,18,19,20). The number of aromatic nitrogens is 2. The maximum Gasteiger partial charge on any atom is 0.259 e. The Balaban J connectivity index is 2.31. The summed E-state index contributed by atoms with van der Waals surface area (Å²) in [6.45, 7) is 0. The number of nitrogens with zero attached hydrogens (tertiary/aromatic N) is 1. The molecule has 0 spiro atoms. The predicted octanol–water partition coefficient (Wildman–Crippen LogP) is 2.71. The maximum atomic E-state index is 13.9. The number of rotatable bonds is 1. The molecule has 1 N–H and O–H groups in total. The Bertz CT molecular complexity index is 906. The van der Waals surface area contributed by atoms with Crippen molar-refractivity contribution in [2.45, 2.75) is 0 Å². The van der Waals surface area contributed by atoms with Crippen molar-refractivity contribution in [2.24, 2.45) is 0 Å². The van der Waals surface area contributed by atoms with Gasteiger partial charge < -0.3 is 4.98 Å². The number of fused-ring (bicyclic) bond motifs is 1. The van der Waals surface area contributed by atoms with Crippen molar-refractivity contribution in [1.82, 2.24) is 9.97 Å². The van der Waals surface area contributed by atoms with E-state index in [-0.39, 0.29) is 16.9 Å². The smallest absolute Gasteiger partial charge is 0.259 e. The highest BCUT2D eigenvalue weighted by Gasteiger charge is 2.10. The molecule has 3 nitrogen and oxygen atoms in total. The molecule has 0 saturated heterocycles. The van der Waals surface area contributed by atoms with E-state index in [1.807, 2.05) is 0 Å². The SMILES string of the molecule is C#Cc1ccc(F)c(-c2nc3ccccc3c(=O)[nH]2)c1. The van der Waals surface area contributed by atoms with Crippen LogP contribution in [0.3, 0.4) is 0 Å². The van der Waals surface area contributed by atoms with E-state index >= 15 is 0 Å². The van der Waals surface area contributed by atoms with Crippen LogP contribution in [-0.4, -0.2) is 9.97 Å².